The number of carbonyl (C=O) groups is 1. The molecule has 3 nitrogen and oxygen atoms in total. The van der Waals surface area contributed by atoms with Gasteiger partial charge in [-0.25, -0.2) is 0 Å². The van der Waals surface area contributed by atoms with E-state index in [0.29, 0.717) is 6.42 Å². The quantitative estimate of drug-likeness (QED) is 0.293. The molecule has 0 fully saturated rings. The van der Waals surface area contributed by atoms with Crippen LogP contribution in [0.3, 0.4) is 0 Å². The van der Waals surface area contributed by atoms with Crippen LogP contribution in [0.2, 0.25) is 0 Å². The number of hydrogen-bond donors (Lipinski definition) is 2. The van der Waals surface area contributed by atoms with Crippen LogP contribution in [0, 0.1) is 0 Å². The van der Waals surface area contributed by atoms with Crippen molar-refractivity contribution in [3.8, 4) is 0 Å². The van der Waals surface area contributed by atoms with E-state index < -0.39 is 5.97 Å². The third-order valence-corrected chi connectivity index (χ3v) is 3.98. The first-order valence-corrected chi connectivity index (χ1v) is 9.21. The van der Waals surface area contributed by atoms with E-state index in [1.807, 2.05) is 0 Å². The van der Waals surface area contributed by atoms with E-state index in [1.165, 1.54) is 38.5 Å². The summed E-state index contributed by atoms with van der Waals surface area (Å²) in [5.41, 5.74) is 0. The lowest BCUT2D eigenvalue weighted by molar-refractivity contribution is -0.137. The molecule has 0 aliphatic carbocycles. The Morgan fingerprint density at radius 2 is 1.55 bits per heavy atom. The summed E-state index contributed by atoms with van der Waals surface area (Å²) in [6.07, 6.45) is 18.8. The Morgan fingerprint density at radius 1 is 0.909 bits per heavy atom. The smallest absolute Gasteiger partial charge is 0.303 e. The molecule has 0 rings (SSSR count). The molecule has 22 heavy (non-hydrogen) atoms. The lowest BCUT2D eigenvalue weighted by Crippen LogP contribution is -2.04. The van der Waals surface area contributed by atoms with Crippen molar-refractivity contribution in [3.05, 3.63) is 12.2 Å². The second kappa shape index (κ2) is 16.5. The fraction of sp³-hybridized carbons (Fsp3) is 0.842. The summed E-state index contributed by atoms with van der Waals surface area (Å²) in [4.78, 5) is 10.3. The maximum absolute atomic E-state index is 10.3. The monoisotopic (exact) mass is 312 g/mol. The molecule has 0 saturated carbocycles. The summed E-state index contributed by atoms with van der Waals surface area (Å²) in [7, 11) is 0. The second-order valence-corrected chi connectivity index (χ2v) is 6.26. The van der Waals surface area contributed by atoms with Gasteiger partial charge in [0.1, 0.15) is 0 Å². The summed E-state index contributed by atoms with van der Waals surface area (Å²) in [6.45, 7) is 2.20. The van der Waals surface area contributed by atoms with E-state index in [0.717, 1.165) is 44.9 Å². The Morgan fingerprint density at radius 3 is 2.23 bits per heavy atom. The van der Waals surface area contributed by atoms with Crippen molar-refractivity contribution >= 4 is 5.97 Å². The molecule has 0 heterocycles. The Bertz CT molecular complexity index is 274. The summed E-state index contributed by atoms with van der Waals surface area (Å²) in [5, 5.41) is 18.3. The van der Waals surface area contributed by atoms with Crippen molar-refractivity contribution < 1.29 is 15.0 Å². The van der Waals surface area contributed by atoms with Crippen LogP contribution in [0.25, 0.3) is 0 Å². The van der Waals surface area contributed by atoms with Gasteiger partial charge in [0.05, 0.1) is 6.10 Å². The molecular weight excluding hydrogens is 276 g/mol. The van der Waals surface area contributed by atoms with Crippen LogP contribution < -0.4 is 0 Å². The van der Waals surface area contributed by atoms with Crippen LogP contribution in [-0.4, -0.2) is 22.3 Å². The summed E-state index contributed by atoms with van der Waals surface area (Å²) in [6, 6.07) is 0. The summed E-state index contributed by atoms with van der Waals surface area (Å²) in [5.74, 6) is -0.683. The molecule has 0 aromatic rings. The maximum atomic E-state index is 10.3. The van der Waals surface area contributed by atoms with Crippen LogP contribution in [0.15, 0.2) is 12.2 Å². The zero-order valence-corrected chi connectivity index (χ0v) is 14.4. The van der Waals surface area contributed by atoms with Gasteiger partial charge in [0.15, 0.2) is 0 Å². The first kappa shape index (κ1) is 21.2. The molecule has 130 valence electrons. The number of aliphatic hydroxyl groups excluding tert-OH is 1. The Labute approximate surface area is 136 Å². The molecule has 2 N–H and O–H groups in total. The molecule has 3 heteroatoms. The lowest BCUT2D eigenvalue weighted by Gasteiger charge is -2.07. The Balaban J connectivity index is 3.24. The number of hydrogen-bond acceptors (Lipinski definition) is 2. The van der Waals surface area contributed by atoms with Crippen LogP contribution >= 0.6 is 0 Å². The number of aliphatic carboxylic acids is 1. The molecule has 0 amide bonds. The van der Waals surface area contributed by atoms with Gasteiger partial charge in [0, 0.05) is 6.42 Å². The molecular formula is C19H36O3. The van der Waals surface area contributed by atoms with E-state index in [9.17, 15) is 9.90 Å². The molecule has 0 aromatic carbocycles. The molecule has 0 spiro atoms. The van der Waals surface area contributed by atoms with Crippen LogP contribution in [0.1, 0.15) is 96.8 Å². The molecule has 0 aliphatic rings. The fourth-order valence-corrected chi connectivity index (χ4v) is 2.54. The van der Waals surface area contributed by atoms with E-state index in [1.54, 1.807) is 0 Å². The van der Waals surface area contributed by atoms with E-state index in [2.05, 4.69) is 19.1 Å². The highest BCUT2D eigenvalue weighted by Crippen LogP contribution is 2.11. The standard InChI is InChI=1S/C19H36O3/c1-2-3-4-12-15-18(20)16-13-10-8-6-5-7-9-11-14-17-19(21)22/h10,13,18,20H,2-9,11-12,14-17H2,1H3,(H,21,22). The average Bonchev–Trinajstić information content (AvgIpc) is 2.49. The second-order valence-electron chi connectivity index (χ2n) is 6.26. The number of allylic oxidation sites excluding steroid dienone is 1. The highest BCUT2D eigenvalue weighted by atomic mass is 16.4. The lowest BCUT2D eigenvalue weighted by atomic mass is 10.1. The number of carboxylic acids is 1. The molecule has 1 atom stereocenters. The van der Waals surface area contributed by atoms with Crippen molar-refractivity contribution in [2.45, 2.75) is 103 Å². The van der Waals surface area contributed by atoms with Crippen molar-refractivity contribution in [2.24, 2.45) is 0 Å². The predicted octanol–water partition coefficient (Wildman–Crippen LogP) is 5.47. The van der Waals surface area contributed by atoms with Gasteiger partial charge in [-0.2, -0.15) is 0 Å². The van der Waals surface area contributed by atoms with E-state index in [-0.39, 0.29) is 6.10 Å². The molecule has 0 radical (unpaired) electrons. The zero-order chi connectivity index (χ0) is 16.5. The predicted molar refractivity (Wildman–Crippen MR) is 93.1 cm³/mol. The van der Waals surface area contributed by atoms with Crippen molar-refractivity contribution in [1.82, 2.24) is 0 Å². The SMILES string of the molecule is CCCCCCC(O)CC=CCCCCCCCCC(=O)O. The van der Waals surface area contributed by atoms with Gasteiger partial charge in [-0.3, -0.25) is 4.79 Å². The Hall–Kier alpha value is -0.830. The normalized spacial score (nSPS) is 12.8. The van der Waals surface area contributed by atoms with Crippen LogP contribution in [-0.2, 0) is 4.79 Å². The van der Waals surface area contributed by atoms with Crippen LogP contribution in [0.4, 0.5) is 0 Å². The van der Waals surface area contributed by atoms with Crippen molar-refractivity contribution in [3.63, 3.8) is 0 Å². The van der Waals surface area contributed by atoms with Gasteiger partial charge in [0.2, 0.25) is 0 Å². The zero-order valence-electron chi connectivity index (χ0n) is 14.4. The number of unbranched alkanes of at least 4 members (excludes halogenated alkanes) is 9. The third-order valence-electron chi connectivity index (χ3n) is 3.98. The first-order valence-electron chi connectivity index (χ1n) is 9.21. The molecule has 0 bridgehead atoms. The van der Waals surface area contributed by atoms with Gasteiger partial charge in [-0.05, 0) is 32.1 Å². The molecule has 0 aromatic heterocycles. The maximum Gasteiger partial charge on any atom is 0.303 e. The minimum atomic E-state index is -0.683. The minimum Gasteiger partial charge on any atom is -0.481 e. The highest BCUT2D eigenvalue weighted by Gasteiger charge is 2.00. The number of aliphatic hydroxyl groups is 1. The van der Waals surface area contributed by atoms with Gasteiger partial charge in [-0.15, -0.1) is 0 Å². The minimum absolute atomic E-state index is 0.164. The highest BCUT2D eigenvalue weighted by molar-refractivity contribution is 5.66. The van der Waals surface area contributed by atoms with Crippen molar-refractivity contribution in [2.75, 3.05) is 0 Å². The van der Waals surface area contributed by atoms with Crippen molar-refractivity contribution in [1.29, 1.82) is 0 Å². The molecule has 1 unspecified atom stereocenters. The van der Waals surface area contributed by atoms with Gasteiger partial charge < -0.3 is 10.2 Å². The van der Waals surface area contributed by atoms with Gasteiger partial charge in [-0.1, -0.05) is 70.4 Å². The van der Waals surface area contributed by atoms with E-state index >= 15 is 0 Å². The van der Waals surface area contributed by atoms with Crippen LogP contribution in [0.5, 0.6) is 0 Å². The third kappa shape index (κ3) is 17.2. The Kier molecular flexibility index (Phi) is 15.9. The fourth-order valence-electron chi connectivity index (χ4n) is 2.54. The molecule has 0 saturated heterocycles. The van der Waals surface area contributed by atoms with Gasteiger partial charge in [0.25, 0.3) is 0 Å². The number of carboxylic acid groups (broad SMARTS) is 1. The van der Waals surface area contributed by atoms with E-state index in [4.69, 9.17) is 5.11 Å². The molecule has 0 aliphatic heterocycles. The number of rotatable bonds is 16. The first-order chi connectivity index (χ1) is 10.7. The summed E-state index contributed by atoms with van der Waals surface area (Å²) >= 11 is 0. The largest absolute Gasteiger partial charge is 0.481 e. The summed E-state index contributed by atoms with van der Waals surface area (Å²) < 4.78 is 0. The van der Waals surface area contributed by atoms with Gasteiger partial charge >= 0.3 is 5.97 Å². The average molecular weight is 312 g/mol. The topological polar surface area (TPSA) is 57.5 Å².